The average Bonchev–Trinajstić information content (AvgIpc) is 2.89. The van der Waals surface area contributed by atoms with Crippen molar-refractivity contribution in [2.45, 2.75) is 0 Å². The fraction of sp³-hybridized carbons (Fsp3) is 0.192. The van der Waals surface area contributed by atoms with Crippen molar-refractivity contribution in [2.24, 2.45) is 5.73 Å². The topological polar surface area (TPSA) is 150 Å². The van der Waals surface area contributed by atoms with Crippen LogP contribution in [0.25, 0.3) is 0 Å². The fourth-order valence-corrected chi connectivity index (χ4v) is 3.80. The first-order valence-corrected chi connectivity index (χ1v) is 11.5. The Hall–Kier alpha value is -4.95. The summed E-state index contributed by atoms with van der Waals surface area (Å²) in [6.45, 7) is 6.91. The minimum atomic E-state index is -0.773. The highest BCUT2D eigenvalue weighted by Crippen LogP contribution is 2.29. The monoisotopic (exact) mass is 498 g/mol. The van der Waals surface area contributed by atoms with Gasteiger partial charge in [-0.05, 0) is 43.5 Å². The van der Waals surface area contributed by atoms with Crippen molar-refractivity contribution in [3.8, 4) is 17.7 Å². The van der Waals surface area contributed by atoms with Gasteiger partial charge in [0, 0.05) is 43.6 Å². The maximum atomic E-state index is 12.0. The summed E-state index contributed by atoms with van der Waals surface area (Å²) in [5, 5.41) is 15.5. The Kier molecular flexibility index (Phi) is 7.61. The standard InChI is InChI=1S/C26H26N8O3/c1-3-22(35)30-18-5-4-6-20(14-18)37-23-16-29-24(25(28)36)26(32-23)31-19-7-8-21(17(13-19)15-27)34-11-9-33(2)10-12-34/h3-8,13-14,16H,1,9-12H2,2H3,(H2,28,36)(H,30,35)(H,31,32). The molecule has 4 N–H and O–H groups in total. The van der Waals surface area contributed by atoms with Crippen molar-refractivity contribution >= 4 is 34.7 Å². The Morgan fingerprint density at radius 1 is 1.16 bits per heavy atom. The van der Waals surface area contributed by atoms with E-state index in [-0.39, 0.29) is 23.3 Å². The minimum Gasteiger partial charge on any atom is -0.437 e. The lowest BCUT2D eigenvalue weighted by Crippen LogP contribution is -2.44. The number of rotatable bonds is 8. The molecule has 0 spiro atoms. The van der Waals surface area contributed by atoms with Crippen molar-refractivity contribution in [2.75, 3.05) is 48.8 Å². The smallest absolute Gasteiger partial charge is 0.271 e. The SMILES string of the molecule is C=CC(=O)Nc1cccc(Oc2cnc(C(N)=O)c(Nc3ccc(N4CCN(C)CC4)c(C#N)c3)n2)c1. The van der Waals surface area contributed by atoms with Gasteiger partial charge in [-0.15, -0.1) is 0 Å². The van der Waals surface area contributed by atoms with Crippen LogP contribution in [0, 0.1) is 11.3 Å². The fourth-order valence-electron chi connectivity index (χ4n) is 3.80. The number of nitrogens with zero attached hydrogens (tertiary/aromatic N) is 5. The molecule has 2 heterocycles. The van der Waals surface area contributed by atoms with Gasteiger partial charge in [0.15, 0.2) is 11.5 Å². The van der Waals surface area contributed by atoms with Gasteiger partial charge in [0.2, 0.25) is 11.8 Å². The number of anilines is 4. The van der Waals surface area contributed by atoms with E-state index in [4.69, 9.17) is 10.5 Å². The van der Waals surface area contributed by atoms with E-state index in [0.29, 0.717) is 22.7 Å². The lowest BCUT2D eigenvalue weighted by atomic mass is 10.1. The van der Waals surface area contributed by atoms with Crippen LogP contribution in [0.5, 0.6) is 11.6 Å². The first-order valence-electron chi connectivity index (χ1n) is 11.5. The van der Waals surface area contributed by atoms with E-state index >= 15 is 0 Å². The summed E-state index contributed by atoms with van der Waals surface area (Å²) in [5.74, 6) is -0.571. The van der Waals surface area contributed by atoms with E-state index in [1.807, 2.05) is 6.07 Å². The van der Waals surface area contributed by atoms with Crippen LogP contribution >= 0.6 is 0 Å². The maximum Gasteiger partial charge on any atom is 0.271 e. The highest BCUT2D eigenvalue weighted by Gasteiger charge is 2.19. The van der Waals surface area contributed by atoms with Gasteiger partial charge in [0.1, 0.15) is 11.8 Å². The van der Waals surface area contributed by atoms with E-state index < -0.39 is 5.91 Å². The summed E-state index contributed by atoms with van der Waals surface area (Å²) in [6, 6.07) is 14.3. The molecule has 1 aromatic heterocycles. The lowest BCUT2D eigenvalue weighted by Gasteiger charge is -2.34. The van der Waals surface area contributed by atoms with E-state index in [2.05, 4.69) is 50.1 Å². The van der Waals surface area contributed by atoms with Gasteiger partial charge in [0.05, 0.1) is 17.4 Å². The molecule has 37 heavy (non-hydrogen) atoms. The number of nitrogens with two attached hydrogens (primary N) is 1. The minimum absolute atomic E-state index is 0.0809. The molecular weight excluding hydrogens is 472 g/mol. The zero-order valence-electron chi connectivity index (χ0n) is 20.3. The molecule has 188 valence electrons. The number of carbonyl (C=O) groups is 2. The number of nitrogens with one attached hydrogen (secondary N) is 2. The highest BCUT2D eigenvalue weighted by atomic mass is 16.5. The summed E-state index contributed by atoms with van der Waals surface area (Å²) in [6.07, 6.45) is 2.44. The van der Waals surface area contributed by atoms with Crippen molar-refractivity contribution in [3.05, 3.63) is 72.6 Å². The number of benzene rings is 2. The van der Waals surface area contributed by atoms with Gasteiger partial charge in [0.25, 0.3) is 5.91 Å². The number of aromatic nitrogens is 2. The van der Waals surface area contributed by atoms with Crippen molar-refractivity contribution in [1.29, 1.82) is 5.26 Å². The van der Waals surface area contributed by atoms with Crippen LogP contribution in [0.3, 0.4) is 0 Å². The third-order valence-corrected chi connectivity index (χ3v) is 5.72. The number of primary amides is 1. The van der Waals surface area contributed by atoms with Crippen LogP contribution in [0.1, 0.15) is 16.1 Å². The third kappa shape index (κ3) is 6.19. The van der Waals surface area contributed by atoms with Gasteiger partial charge < -0.3 is 30.9 Å². The zero-order valence-corrected chi connectivity index (χ0v) is 20.3. The van der Waals surface area contributed by atoms with Crippen molar-refractivity contribution < 1.29 is 14.3 Å². The predicted octanol–water partition coefficient (Wildman–Crippen LogP) is 2.86. The molecule has 0 atom stereocenters. The number of likely N-dealkylation sites (N-methyl/N-ethyl adjacent to an activating group) is 1. The highest BCUT2D eigenvalue weighted by molar-refractivity contribution is 5.99. The van der Waals surface area contributed by atoms with Gasteiger partial charge in [-0.3, -0.25) is 9.59 Å². The van der Waals surface area contributed by atoms with Crippen LogP contribution in [0.2, 0.25) is 0 Å². The summed E-state index contributed by atoms with van der Waals surface area (Å²) in [4.78, 5) is 36.5. The Morgan fingerprint density at radius 2 is 1.95 bits per heavy atom. The second kappa shape index (κ2) is 11.2. The van der Waals surface area contributed by atoms with E-state index in [1.54, 1.807) is 36.4 Å². The van der Waals surface area contributed by atoms with Crippen LogP contribution in [0.4, 0.5) is 22.9 Å². The Labute approximate surface area is 214 Å². The Morgan fingerprint density at radius 3 is 2.65 bits per heavy atom. The summed E-state index contributed by atoms with van der Waals surface area (Å²) < 4.78 is 5.79. The third-order valence-electron chi connectivity index (χ3n) is 5.72. The molecule has 1 saturated heterocycles. The molecule has 11 nitrogen and oxygen atoms in total. The molecule has 0 unspecified atom stereocenters. The molecule has 3 aromatic rings. The maximum absolute atomic E-state index is 12.0. The molecular formula is C26H26N8O3. The molecule has 0 aliphatic carbocycles. The molecule has 1 fully saturated rings. The average molecular weight is 499 g/mol. The summed E-state index contributed by atoms with van der Waals surface area (Å²) in [5.41, 5.74) is 7.81. The zero-order chi connectivity index (χ0) is 26.4. The lowest BCUT2D eigenvalue weighted by molar-refractivity contribution is -0.111. The molecule has 0 saturated carbocycles. The van der Waals surface area contributed by atoms with Crippen molar-refractivity contribution in [3.63, 3.8) is 0 Å². The predicted molar refractivity (Wildman–Crippen MR) is 140 cm³/mol. The first-order chi connectivity index (χ1) is 17.9. The number of ether oxygens (including phenoxy) is 1. The number of nitriles is 1. The number of amides is 2. The number of hydrogen-bond donors (Lipinski definition) is 3. The first kappa shape index (κ1) is 25.2. The molecule has 4 rings (SSSR count). The molecule has 1 aliphatic rings. The Balaban J connectivity index is 1.57. The van der Waals surface area contributed by atoms with Crippen LogP contribution in [-0.4, -0.2) is 59.9 Å². The van der Waals surface area contributed by atoms with Gasteiger partial charge in [-0.1, -0.05) is 12.6 Å². The summed E-state index contributed by atoms with van der Waals surface area (Å²) >= 11 is 0. The second-order valence-corrected chi connectivity index (χ2v) is 8.35. The van der Waals surface area contributed by atoms with Crippen LogP contribution in [-0.2, 0) is 4.79 Å². The van der Waals surface area contributed by atoms with E-state index in [1.165, 1.54) is 6.20 Å². The van der Waals surface area contributed by atoms with Crippen molar-refractivity contribution in [1.82, 2.24) is 14.9 Å². The molecule has 2 aromatic carbocycles. The summed E-state index contributed by atoms with van der Waals surface area (Å²) in [7, 11) is 2.07. The van der Waals surface area contributed by atoms with Crippen LogP contribution < -0.4 is 26.0 Å². The molecule has 1 aliphatic heterocycles. The second-order valence-electron chi connectivity index (χ2n) is 8.35. The number of carbonyl (C=O) groups excluding carboxylic acids is 2. The largest absolute Gasteiger partial charge is 0.437 e. The molecule has 2 amide bonds. The van der Waals surface area contributed by atoms with Crippen LogP contribution in [0.15, 0.2) is 61.3 Å². The quantitative estimate of drug-likeness (QED) is 0.398. The molecule has 0 bridgehead atoms. The van der Waals surface area contributed by atoms with E-state index in [9.17, 15) is 14.9 Å². The normalized spacial score (nSPS) is 13.4. The van der Waals surface area contributed by atoms with Gasteiger partial charge in [-0.25, -0.2) is 4.98 Å². The number of piperazine rings is 1. The van der Waals surface area contributed by atoms with Gasteiger partial charge in [-0.2, -0.15) is 10.2 Å². The molecule has 11 heteroatoms. The Bertz CT molecular complexity index is 1380. The number of hydrogen-bond acceptors (Lipinski definition) is 9. The van der Waals surface area contributed by atoms with Gasteiger partial charge >= 0.3 is 0 Å². The molecule has 0 radical (unpaired) electrons. The van der Waals surface area contributed by atoms with E-state index in [0.717, 1.165) is 37.9 Å².